The quantitative estimate of drug-likeness (QED) is 0.549. The Morgan fingerprint density at radius 3 is 1.78 bits per heavy atom. The molecule has 0 aromatic heterocycles. The zero-order valence-corrected chi connectivity index (χ0v) is 13.7. The van der Waals surface area contributed by atoms with Crippen molar-refractivity contribution in [2.45, 2.75) is 58.3 Å². The second-order valence-electron chi connectivity index (χ2n) is 5.68. The summed E-state index contributed by atoms with van der Waals surface area (Å²) in [5, 5.41) is 18.0. The van der Waals surface area contributed by atoms with E-state index in [9.17, 15) is 9.59 Å². The van der Waals surface area contributed by atoms with Gasteiger partial charge in [-0.2, -0.15) is 0 Å². The summed E-state index contributed by atoms with van der Waals surface area (Å²) in [5.41, 5.74) is -0.147. The van der Waals surface area contributed by atoms with Crippen LogP contribution in [0.3, 0.4) is 0 Å². The van der Waals surface area contributed by atoms with Crippen LogP contribution in [0.1, 0.15) is 79.0 Å². The van der Waals surface area contributed by atoms with Crippen molar-refractivity contribution in [2.24, 2.45) is 0 Å². The smallest absolute Gasteiger partial charge is 0.335 e. The van der Waals surface area contributed by atoms with E-state index in [1.807, 2.05) is 0 Å². The molecule has 0 bridgehead atoms. The predicted octanol–water partition coefficient (Wildman–Crippen LogP) is 4.60. The molecule has 0 unspecified atom stereocenters. The lowest BCUT2D eigenvalue weighted by Gasteiger charge is -2.08. The molecule has 128 valence electrons. The Hall–Kier alpha value is -2.04. The second kappa shape index (κ2) is 10.6. The standard InChI is InChI=1S/C18H26O5/c1-2-3-4-5-6-7-8-9-10-23-16-12-14(17(19)20)11-15(13-16)18(21)22/h11-13H,2-10H2,1H3,(H,19,20)(H,21,22). The minimum absolute atomic E-state index is 0.0733. The van der Waals surface area contributed by atoms with Crippen molar-refractivity contribution >= 4 is 11.9 Å². The van der Waals surface area contributed by atoms with E-state index in [-0.39, 0.29) is 11.1 Å². The Morgan fingerprint density at radius 1 is 0.826 bits per heavy atom. The van der Waals surface area contributed by atoms with E-state index in [4.69, 9.17) is 14.9 Å². The van der Waals surface area contributed by atoms with E-state index < -0.39 is 11.9 Å². The normalized spacial score (nSPS) is 10.5. The molecule has 0 heterocycles. The lowest BCUT2D eigenvalue weighted by Crippen LogP contribution is -2.05. The van der Waals surface area contributed by atoms with Gasteiger partial charge >= 0.3 is 11.9 Å². The number of carboxylic acids is 2. The minimum Gasteiger partial charge on any atom is -0.494 e. The maximum atomic E-state index is 11.0. The molecule has 0 aliphatic rings. The lowest BCUT2D eigenvalue weighted by atomic mass is 10.1. The molecule has 0 saturated carbocycles. The highest BCUT2D eigenvalue weighted by Crippen LogP contribution is 2.18. The average Bonchev–Trinajstić information content (AvgIpc) is 2.53. The summed E-state index contributed by atoms with van der Waals surface area (Å²) in [6.45, 7) is 2.67. The Morgan fingerprint density at radius 2 is 1.30 bits per heavy atom. The van der Waals surface area contributed by atoms with Crippen molar-refractivity contribution < 1.29 is 24.5 Å². The molecular weight excluding hydrogens is 296 g/mol. The van der Waals surface area contributed by atoms with Crippen LogP contribution in [0.15, 0.2) is 18.2 Å². The molecule has 0 aliphatic heterocycles. The third kappa shape index (κ3) is 7.68. The van der Waals surface area contributed by atoms with Crippen molar-refractivity contribution in [3.63, 3.8) is 0 Å². The molecule has 0 amide bonds. The first kappa shape index (κ1) is 19.0. The molecule has 1 aromatic carbocycles. The van der Waals surface area contributed by atoms with Gasteiger partial charge in [0.25, 0.3) is 0 Å². The molecule has 23 heavy (non-hydrogen) atoms. The zero-order valence-electron chi connectivity index (χ0n) is 13.7. The van der Waals surface area contributed by atoms with Crippen molar-refractivity contribution in [3.05, 3.63) is 29.3 Å². The number of hydrogen-bond donors (Lipinski definition) is 2. The summed E-state index contributed by atoms with van der Waals surface area (Å²) >= 11 is 0. The molecule has 5 nitrogen and oxygen atoms in total. The van der Waals surface area contributed by atoms with Crippen molar-refractivity contribution in [1.29, 1.82) is 0 Å². The van der Waals surface area contributed by atoms with Crippen molar-refractivity contribution in [3.8, 4) is 5.75 Å². The third-order valence-electron chi connectivity index (χ3n) is 3.67. The van der Waals surface area contributed by atoms with Gasteiger partial charge in [-0.05, 0) is 24.6 Å². The summed E-state index contributed by atoms with van der Waals surface area (Å²) in [4.78, 5) is 22.0. The highest BCUT2D eigenvalue weighted by atomic mass is 16.5. The van der Waals surface area contributed by atoms with Crippen molar-refractivity contribution in [2.75, 3.05) is 6.61 Å². The van der Waals surface area contributed by atoms with E-state index in [1.165, 1.54) is 50.7 Å². The highest BCUT2D eigenvalue weighted by Gasteiger charge is 2.12. The first-order valence-corrected chi connectivity index (χ1v) is 8.29. The summed E-state index contributed by atoms with van der Waals surface area (Å²) < 4.78 is 5.51. The number of ether oxygens (including phenoxy) is 1. The Balaban J connectivity index is 2.34. The molecule has 0 radical (unpaired) electrons. The highest BCUT2D eigenvalue weighted by molar-refractivity contribution is 5.94. The van der Waals surface area contributed by atoms with Crippen LogP contribution in [0.5, 0.6) is 5.75 Å². The van der Waals surface area contributed by atoms with E-state index >= 15 is 0 Å². The maximum Gasteiger partial charge on any atom is 0.335 e. The zero-order chi connectivity index (χ0) is 17.1. The number of benzene rings is 1. The number of rotatable bonds is 12. The van der Waals surface area contributed by atoms with Crippen LogP contribution in [0.25, 0.3) is 0 Å². The largest absolute Gasteiger partial charge is 0.494 e. The third-order valence-corrected chi connectivity index (χ3v) is 3.67. The summed E-state index contributed by atoms with van der Waals surface area (Å²) in [6, 6.07) is 3.85. The van der Waals surface area contributed by atoms with E-state index in [0.29, 0.717) is 12.4 Å². The van der Waals surface area contributed by atoms with Gasteiger partial charge in [-0.3, -0.25) is 0 Å². The Kier molecular flexibility index (Phi) is 8.80. The second-order valence-corrected chi connectivity index (χ2v) is 5.68. The van der Waals surface area contributed by atoms with Gasteiger partial charge < -0.3 is 14.9 Å². The van der Waals surface area contributed by atoms with Crippen LogP contribution in [0, 0.1) is 0 Å². The number of carboxylic acid groups (broad SMARTS) is 2. The minimum atomic E-state index is -1.16. The fourth-order valence-corrected chi connectivity index (χ4v) is 2.36. The van der Waals surface area contributed by atoms with Crippen molar-refractivity contribution in [1.82, 2.24) is 0 Å². The SMILES string of the molecule is CCCCCCCCCCOc1cc(C(=O)O)cc(C(=O)O)c1. The fraction of sp³-hybridized carbons (Fsp3) is 0.556. The first-order chi connectivity index (χ1) is 11.0. The molecule has 0 spiro atoms. The van der Waals surface area contributed by atoms with Gasteiger partial charge in [0.1, 0.15) is 5.75 Å². The molecule has 1 rings (SSSR count). The van der Waals surface area contributed by atoms with Crippen LogP contribution in [-0.2, 0) is 0 Å². The number of aromatic carboxylic acids is 2. The first-order valence-electron chi connectivity index (χ1n) is 8.29. The van der Waals surface area contributed by atoms with Crippen LogP contribution in [0.4, 0.5) is 0 Å². The molecule has 0 atom stereocenters. The predicted molar refractivity (Wildman–Crippen MR) is 88.5 cm³/mol. The summed E-state index contributed by atoms with van der Waals surface area (Å²) in [5.74, 6) is -2.03. The molecule has 5 heteroatoms. The van der Waals surface area contributed by atoms with Gasteiger partial charge in [-0.25, -0.2) is 9.59 Å². The molecule has 0 aliphatic carbocycles. The van der Waals surface area contributed by atoms with Gasteiger partial charge in [-0.1, -0.05) is 51.9 Å². The van der Waals surface area contributed by atoms with Crippen LogP contribution in [-0.4, -0.2) is 28.8 Å². The monoisotopic (exact) mass is 322 g/mol. The van der Waals surface area contributed by atoms with Gasteiger partial charge in [0.2, 0.25) is 0 Å². The summed E-state index contributed by atoms with van der Waals surface area (Å²) in [6.07, 6.45) is 9.48. The van der Waals surface area contributed by atoms with Gasteiger partial charge in [-0.15, -0.1) is 0 Å². The lowest BCUT2D eigenvalue weighted by molar-refractivity contribution is 0.0696. The molecule has 2 N–H and O–H groups in total. The van der Waals surface area contributed by atoms with Crippen LogP contribution < -0.4 is 4.74 Å². The Bertz CT molecular complexity index is 478. The number of carbonyl (C=O) groups is 2. The molecule has 0 fully saturated rings. The fourth-order valence-electron chi connectivity index (χ4n) is 2.36. The summed E-state index contributed by atoms with van der Waals surface area (Å²) in [7, 11) is 0. The van der Waals surface area contributed by atoms with E-state index in [2.05, 4.69) is 6.92 Å². The van der Waals surface area contributed by atoms with Crippen LogP contribution in [0.2, 0.25) is 0 Å². The molecule has 0 saturated heterocycles. The number of hydrogen-bond acceptors (Lipinski definition) is 3. The average molecular weight is 322 g/mol. The van der Waals surface area contributed by atoms with Crippen LogP contribution >= 0.6 is 0 Å². The van der Waals surface area contributed by atoms with E-state index in [1.54, 1.807) is 0 Å². The maximum absolute atomic E-state index is 11.0. The Labute approximate surface area is 137 Å². The molecular formula is C18H26O5. The van der Waals surface area contributed by atoms with E-state index in [0.717, 1.165) is 18.9 Å². The molecule has 1 aromatic rings. The number of unbranched alkanes of at least 4 members (excludes halogenated alkanes) is 7. The van der Waals surface area contributed by atoms with Gasteiger partial charge in [0.15, 0.2) is 0 Å². The van der Waals surface area contributed by atoms with Gasteiger partial charge in [0.05, 0.1) is 17.7 Å². The topological polar surface area (TPSA) is 83.8 Å². The van der Waals surface area contributed by atoms with Gasteiger partial charge in [0, 0.05) is 0 Å².